The average Bonchev–Trinajstić information content (AvgIpc) is 3.18. The number of anilines is 2. The van der Waals surface area contributed by atoms with Gasteiger partial charge >= 0.3 is 0 Å². The summed E-state index contributed by atoms with van der Waals surface area (Å²) in [5, 5.41) is 11.2. The fourth-order valence-corrected chi connectivity index (χ4v) is 3.43. The molecule has 0 aliphatic heterocycles. The number of H-pyrrole nitrogens is 1. The Kier molecular flexibility index (Phi) is 4.59. The van der Waals surface area contributed by atoms with E-state index >= 15 is 0 Å². The van der Waals surface area contributed by atoms with Gasteiger partial charge in [-0.15, -0.1) is 0 Å². The Balaban J connectivity index is 2.05. The lowest BCUT2D eigenvalue weighted by Gasteiger charge is -2.15. The number of aryl methyl sites for hydroxylation is 1. The molecule has 6 N–H and O–H groups in total. The van der Waals surface area contributed by atoms with Crippen LogP contribution in [0.1, 0.15) is 23.0 Å². The Bertz CT molecular complexity index is 1230. The minimum atomic E-state index is -0.703. The molecule has 0 aliphatic carbocycles. The molecule has 2 aromatic carbocycles. The highest BCUT2D eigenvalue weighted by Gasteiger charge is 2.22. The van der Waals surface area contributed by atoms with Crippen LogP contribution in [0.5, 0.6) is 0 Å². The summed E-state index contributed by atoms with van der Waals surface area (Å²) in [5.41, 5.74) is 16.7. The highest BCUT2D eigenvalue weighted by atomic mass is 16.1. The first-order valence-corrected chi connectivity index (χ1v) is 9.25. The number of amides is 1. The Morgan fingerprint density at radius 2 is 1.97 bits per heavy atom. The summed E-state index contributed by atoms with van der Waals surface area (Å²) in [5.74, 6) is -0.329. The third kappa shape index (κ3) is 3.14. The van der Waals surface area contributed by atoms with Gasteiger partial charge in [0.15, 0.2) is 11.5 Å². The number of nitrogens with two attached hydrogens (primary N) is 2. The van der Waals surface area contributed by atoms with Crippen molar-refractivity contribution in [3.63, 3.8) is 0 Å². The van der Waals surface area contributed by atoms with Gasteiger partial charge in [-0.3, -0.25) is 9.89 Å². The number of nitrogen functional groups attached to an aromatic ring is 1. The second-order valence-corrected chi connectivity index (χ2v) is 6.69. The normalized spacial score (nSPS) is 11.0. The molecule has 2 heterocycles. The van der Waals surface area contributed by atoms with Crippen LogP contribution in [0, 0.1) is 6.92 Å². The van der Waals surface area contributed by atoms with Crippen LogP contribution >= 0.6 is 0 Å². The molecular weight excluding hydrogens is 366 g/mol. The van der Waals surface area contributed by atoms with Crippen molar-refractivity contribution in [2.24, 2.45) is 5.73 Å². The molecule has 0 atom stereocenters. The van der Waals surface area contributed by atoms with Crippen LogP contribution in [-0.4, -0.2) is 32.6 Å². The number of para-hydroxylation sites is 1. The van der Waals surface area contributed by atoms with Gasteiger partial charge in [0.25, 0.3) is 5.91 Å². The number of aromatic nitrogens is 4. The topological polar surface area (TPSA) is 136 Å². The van der Waals surface area contributed by atoms with Crippen molar-refractivity contribution >= 4 is 28.2 Å². The molecule has 0 fully saturated rings. The van der Waals surface area contributed by atoms with Crippen molar-refractivity contribution in [2.45, 2.75) is 13.8 Å². The summed E-state index contributed by atoms with van der Waals surface area (Å²) in [6, 6.07) is 11.5. The minimum absolute atomic E-state index is 0.00352. The van der Waals surface area contributed by atoms with Crippen LogP contribution in [0.4, 0.5) is 11.4 Å². The van der Waals surface area contributed by atoms with Gasteiger partial charge in [0, 0.05) is 28.7 Å². The van der Waals surface area contributed by atoms with Crippen molar-refractivity contribution < 1.29 is 4.79 Å². The molecular formula is C21H21N7O. The summed E-state index contributed by atoms with van der Waals surface area (Å²) in [4.78, 5) is 21.3. The van der Waals surface area contributed by atoms with Crippen LogP contribution < -0.4 is 16.8 Å². The van der Waals surface area contributed by atoms with Gasteiger partial charge < -0.3 is 16.8 Å². The Morgan fingerprint density at radius 3 is 2.72 bits per heavy atom. The van der Waals surface area contributed by atoms with E-state index in [1.165, 1.54) is 0 Å². The highest BCUT2D eigenvalue weighted by molar-refractivity contribution is 6.04. The van der Waals surface area contributed by atoms with E-state index in [1.54, 1.807) is 6.20 Å². The standard InChI is InChI=1S/C21H21N7O/c1-3-24-14-7-5-4-6-12(14)21-26-18(17(22)19(27-21)20(23)29)16-11(2)8-9-15-13(16)10-25-28-15/h4-10,24H,3,22H2,1-2H3,(H2,23,29)(H,25,28). The first kappa shape index (κ1) is 18.4. The zero-order chi connectivity index (χ0) is 20.5. The lowest BCUT2D eigenvalue weighted by Crippen LogP contribution is -2.18. The maximum atomic E-state index is 12.1. The molecule has 4 rings (SSSR count). The maximum Gasteiger partial charge on any atom is 0.269 e. The van der Waals surface area contributed by atoms with Gasteiger partial charge in [0.2, 0.25) is 0 Å². The molecule has 1 amide bonds. The minimum Gasteiger partial charge on any atom is -0.395 e. The summed E-state index contributed by atoms with van der Waals surface area (Å²) >= 11 is 0. The molecule has 2 aromatic heterocycles. The second kappa shape index (κ2) is 7.23. The number of carbonyl (C=O) groups is 1. The van der Waals surface area contributed by atoms with Crippen LogP contribution in [0.25, 0.3) is 33.5 Å². The molecule has 0 bridgehead atoms. The van der Waals surface area contributed by atoms with Crippen LogP contribution in [-0.2, 0) is 0 Å². The lowest BCUT2D eigenvalue weighted by molar-refractivity contribution is 0.0996. The molecule has 0 aliphatic rings. The van der Waals surface area contributed by atoms with Crippen molar-refractivity contribution in [1.82, 2.24) is 20.2 Å². The van der Waals surface area contributed by atoms with Gasteiger partial charge in [-0.1, -0.05) is 18.2 Å². The Morgan fingerprint density at radius 1 is 1.17 bits per heavy atom. The van der Waals surface area contributed by atoms with E-state index in [0.29, 0.717) is 11.5 Å². The van der Waals surface area contributed by atoms with Gasteiger partial charge in [-0.25, -0.2) is 9.97 Å². The Labute approximate surface area is 167 Å². The third-order valence-electron chi connectivity index (χ3n) is 4.78. The number of primary amides is 1. The fraction of sp³-hybridized carbons (Fsp3) is 0.143. The van der Waals surface area contributed by atoms with Crippen LogP contribution in [0.2, 0.25) is 0 Å². The molecule has 0 saturated heterocycles. The van der Waals surface area contributed by atoms with Gasteiger partial charge in [-0.2, -0.15) is 5.10 Å². The van der Waals surface area contributed by atoms with Crippen molar-refractivity contribution in [3.05, 3.63) is 53.9 Å². The summed E-state index contributed by atoms with van der Waals surface area (Å²) in [6.07, 6.45) is 1.72. The molecule has 8 heteroatoms. The van der Waals surface area contributed by atoms with E-state index in [4.69, 9.17) is 16.5 Å². The van der Waals surface area contributed by atoms with Crippen LogP contribution in [0.3, 0.4) is 0 Å². The summed E-state index contributed by atoms with van der Waals surface area (Å²) < 4.78 is 0. The van der Waals surface area contributed by atoms with E-state index < -0.39 is 5.91 Å². The van der Waals surface area contributed by atoms with E-state index in [1.807, 2.05) is 50.2 Å². The molecule has 0 unspecified atom stereocenters. The zero-order valence-corrected chi connectivity index (χ0v) is 16.2. The summed E-state index contributed by atoms with van der Waals surface area (Å²) in [6.45, 7) is 4.69. The van der Waals surface area contributed by atoms with Crippen molar-refractivity contribution in [2.75, 3.05) is 17.6 Å². The molecule has 8 nitrogen and oxygen atoms in total. The van der Waals surface area contributed by atoms with E-state index in [2.05, 4.69) is 20.5 Å². The lowest BCUT2D eigenvalue weighted by atomic mass is 9.99. The zero-order valence-electron chi connectivity index (χ0n) is 16.2. The monoisotopic (exact) mass is 387 g/mol. The molecule has 0 spiro atoms. The molecule has 0 radical (unpaired) electrons. The maximum absolute atomic E-state index is 12.1. The molecule has 29 heavy (non-hydrogen) atoms. The second-order valence-electron chi connectivity index (χ2n) is 6.69. The predicted molar refractivity (Wildman–Crippen MR) is 114 cm³/mol. The SMILES string of the molecule is CCNc1ccccc1-c1nc(C(N)=O)c(N)c(-c2c(C)ccc3[nH]ncc23)n1. The van der Waals surface area contributed by atoms with Crippen molar-refractivity contribution in [1.29, 1.82) is 0 Å². The predicted octanol–water partition coefficient (Wildman–Crippen LogP) is 3.11. The first-order chi connectivity index (χ1) is 14.0. The Hall–Kier alpha value is -3.94. The van der Waals surface area contributed by atoms with Crippen molar-refractivity contribution in [3.8, 4) is 22.6 Å². The third-order valence-corrected chi connectivity index (χ3v) is 4.78. The number of carbonyl (C=O) groups excluding carboxylic acids is 1. The number of aromatic amines is 1. The van der Waals surface area contributed by atoms with E-state index in [0.717, 1.165) is 39.8 Å². The summed E-state index contributed by atoms with van der Waals surface area (Å²) in [7, 11) is 0. The van der Waals surface area contributed by atoms with Gasteiger partial charge in [0.05, 0.1) is 23.1 Å². The van der Waals surface area contributed by atoms with E-state index in [9.17, 15) is 4.79 Å². The van der Waals surface area contributed by atoms with Gasteiger partial charge in [-0.05, 0) is 37.6 Å². The quantitative estimate of drug-likeness (QED) is 0.415. The number of hydrogen-bond donors (Lipinski definition) is 4. The molecule has 4 aromatic rings. The largest absolute Gasteiger partial charge is 0.395 e. The molecule has 146 valence electrons. The number of benzene rings is 2. The van der Waals surface area contributed by atoms with Crippen LogP contribution in [0.15, 0.2) is 42.6 Å². The number of nitrogens with zero attached hydrogens (tertiary/aromatic N) is 3. The smallest absolute Gasteiger partial charge is 0.269 e. The highest BCUT2D eigenvalue weighted by Crippen LogP contribution is 2.36. The number of fused-ring (bicyclic) bond motifs is 1. The first-order valence-electron chi connectivity index (χ1n) is 9.25. The fourth-order valence-electron chi connectivity index (χ4n) is 3.43. The van der Waals surface area contributed by atoms with Gasteiger partial charge in [0.1, 0.15) is 0 Å². The van der Waals surface area contributed by atoms with E-state index in [-0.39, 0.29) is 11.4 Å². The average molecular weight is 387 g/mol. The number of hydrogen-bond acceptors (Lipinski definition) is 6. The number of nitrogens with one attached hydrogen (secondary N) is 2. The number of rotatable bonds is 5. The molecule has 0 saturated carbocycles.